The van der Waals surface area contributed by atoms with Gasteiger partial charge in [0.2, 0.25) is 0 Å². The fourth-order valence-corrected chi connectivity index (χ4v) is 64.6. The summed E-state index contributed by atoms with van der Waals surface area (Å²) in [5.41, 5.74) is 0. The molecule has 6 bridgehead atoms. The van der Waals surface area contributed by atoms with Crippen LogP contribution in [0.25, 0.3) is 0 Å². The lowest BCUT2D eigenvalue weighted by molar-refractivity contribution is 0.0529. The van der Waals surface area contributed by atoms with Crippen LogP contribution in [-0.2, 0) is 53.5 Å². The summed E-state index contributed by atoms with van der Waals surface area (Å²) in [5.74, 6) is 0. The first-order valence-electron chi connectivity index (χ1n) is 27.7. The van der Waals surface area contributed by atoms with Crippen LogP contribution in [0.4, 0.5) is 0 Å². The Morgan fingerprint density at radius 1 is 0.253 bits per heavy atom. The third kappa shape index (κ3) is 11.5. The van der Waals surface area contributed by atoms with Crippen molar-refractivity contribution < 1.29 is 68.5 Å². The Balaban J connectivity index is 1.33. The maximum atomic E-state index is 14.4. The van der Waals surface area contributed by atoms with Gasteiger partial charge in [-0.2, -0.15) is 0 Å². The van der Waals surface area contributed by atoms with E-state index >= 15 is 0 Å². The molecular formula is C57H64O16Si10. The molecule has 83 heavy (non-hydrogen) atoms. The molecule has 4 fully saturated rings. The van der Waals surface area contributed by atoms with E-state index in [4.69, 9.17) is 53.5 Å². The summed E-state index contributed by atoms with van der Waals surface area (Å²) in [6, 6.07) is 75.3. The van der Waals surface area contributed by atoms with Crippen molar-refractivity contribution in [2.24, 2.45) is 0 Å². The van der Waals surface area contributed by atoms with Crippen molar-refractivity contribution in [3.05, 3.63) is 243 Å². The van der Waals surface area contributed by atoms with E-state index in [9.17, 15) is 15.0 Å². The molecule has 26 heteroatoms. The number of rotatable bonds is 14. The van der Waals surface area contributed by atoms with Gasteiger partial charge in [-0.3, -0.25) is 0 Å². The maximum Gasteiger partial charge on any atom is 0.520 e. The van der Waals surface area contributed by atoms with Crippen LogP contribution in [0.5, 0.6) is 0 Å². The summed E-state index contributed by atoms with van der Waals surface area (Å²) in [7, 11) is -48.5. The molecule has 4 heterocycles. The van der Waals surface area contributed by atoms with Crippen molar-refractivity contribution in [3.63, 3.8) is 0 Å². The van der Waals surface area contributed by atoms with Gasteiger partial charge in [-0.15, -0.1) is 0 Å². The molecule has 4 saturated heterocycles. The molecule has 12 rings (SSSR count). The second kappa shape index (κ2) is 23.5. The lowest BCUT2D eigenvalue weighted by Gasteiger charge is -2.58. The van der Waals surface area contributed by atoms with Gasteiger partial charge in [0.05, 0.1) is 0 Å². The third-order valence-corrected chi connectivity index (χ3v) is 57.5. The van der Waals surface area contributed by atoms with Crippen LogP contribution < -0.4 is 41.5 Å². The van der Waals surface area contributed by atoms with Gasteiger partial charge in [-0.25, -0.2) is 0 Å². The van der Waals surface area contributed by atoms with Gasteiger partial charge in [0, 0.05) is 49.5 Å². The number of hydrogen-bond donors (Lipinski definition) is 3. The lowest BCUT2D eigenvalue weighted by atomic mass is 10.4. The van der Waals surface area contributed by atoms with E-state index in [0.29, 0.717) is 36.3 Å². The Labute approximate surface area is 494 Å². The Kier molecular flexibility index (Phi) is 16.6. The average Bonchev–Trinajstić information content (AvgIpc) is 1.03. The summed E-state index contributed by atoms with van der Waals surface area (Å²) in [6.07, 6.45) is 0.391. The molecule has 4 aliphatic rings. The van der Waals surface area contributed by atoms with Gasteiger partial charge in [0.1, 0.15) is 0 Å². The minimum atomic E-state index is -5.29. The SMILES string of the molecule is C[Si]1(CCCO)O[Si]2(c3ccccc3)O[Si](C)(c3ccccc3)O[Si]3(c4ccccc4)O[Si](C)(CCCO)O[Si]4(c5ccccc5)O[Si](O)(c5ccccc5)O[Si](c5ccccc5)(O1)O[Si](c1ccccc1)(O4)O[Si](c1ccccc1)(O2)O3. The van der Waals surface area contributed by atoms with Gasteiger partial charge < -0.3 is 68.5 Å². The van der Waals surface area contributed by atoms with Crippen molar-refractivity contribution in [1.29, 1.82) is 0 Å². The van der Waals surface area contributed by atoms with Crippen LogP contribution in [0.3, 0.4) is 0 Å². The predicted octanol–water partition coefficient (Wildman–Crippen LogP) is 4.06. The lowest BCUT2D eigenvalue weighted by Crippen LogP contribution is -2.90. The fraction of sp³-hybridized carbons (Fsp3) is 0.158. The Bertz CT molecular complexity index is 3100. The normalized spacial score (nSPS) is 33.6. The van der Waals surface area contributed by atoms with Crippen LogP contribution in [0.2, 0.25) is 31.7 Å². The molecule has 0 radical (unpaired) electrons. The zero-order valence-corrected chi connectivity index (χ0v) is 56.0. The van der Waals surface area contributed by atoms with E-state index in [-0.39, 0.29) is 43.3 Å². The van der Waals surface area contributed by atoms with Crippen molar-refractivity contribution in [2.75, 3.05) is 13.2 Å². The van der Waals surface area contributed by atoms with Gasteiger partial charge >= 0.3 is 87.3 Å². The van der Waals surface area contributed by atoms with E-state index in [1.54, 1.807) is 24.3 Å². The standard InChI is InChI=1S/C57H64O16Si10/c1-74(48-28-46-58)61-78(52-34-16-6-17-35-52)65-76(3,50-30-12-4-13-31-50)66-79(53-36-18-7-19-37-53)62-75(2,49-29-47-59)64-81(55-40-22-9-23-41-55)68-77(60,51-32-14-5-15-33-51)67-80(63-74,54-38-20-8-21-39-54)71-83(72-81,57-44-26-11-27-45-57)73-82(69-78,70-79)56-42-24-10-25-43-56/h4-27,30-45,58-60H,28-29,46-49H2,1-3H3. The first-order chi connectivity index (χ1) is 40.2. The molecule has 16 nitrogen and oxygen atoms in total. The number of aliphatic hydroxyl groups excluding tert-OH is 2. The molecule has 8 aromatic rings. The van der Waals surface area contributed by atoms with E-state index in [1.807, 2.05) is 238 Å². The number of aliphatic hydroxyl groups is 2. The van der Waals surface area contributed by atoms with E-state index in [1.165, 1.54) is 0 Å². The van der Waals surface area contributed by atoms with E-state index in [2.05, 4.69) is 0 Å². The second-order valence-electron chi connectivity index (χ2n) is 21.0. The topological polar surface area (TPSA) is 181 Å². The smallest absolute Gasteiger partial charge is 0.396 e. The molecule has 0 amide bonds. The van der Waals surface area contributed by atoms with Gasteiger partial charge in [-0.05, 0) is 49.8 Å². The monoisotopic (exact) mass is 1280 g/mol. The number of fused-ring (bicyclic) bond motifs is 4. The molecule has 3 N–H and O–H groups in total. The highest BCUT2D eigenvalue weighted by atomic mass is 28.6. The molecule has 0 aliphatic carbocycles. The second-order valence-corrected chi connectivity index (χ2v) is 51.5. The molecule has 0 aromatic heterocycles. The number of hydrogen-bond acceptors (Lipinski definition) is 16. The molecule has 6 atom stereocenters. The van der Waals surface area contributed by atoms with E-state index in [0.717, 1.165) is 0 Å². The van der Waals surface area contributed by atoms with Gasteiger partial charge in [0.15, 0.2) is 0 Å². The Morgan fingerprint density at radius 3 is 0.699 bits per heavy atom. The summed E-state index contributed by atoms with van der Waals surface area (Å²) in [6.45, 7) is 5.25. The highest BCUT2D eigenvalue weighted by Gasteiger charge is 2.80. The van der Waals surface area contributed by atoms with Crippen molar-refractivity contribution in [2.45, 2.75) is 44.6 Å². The molecule has 8 aromatic carbocycles. The molecular weight excluding hydrogens is 1220 g/mol. The van der Waals surface area contributed by atoms with Crippen LogP contribution in [-0.4, -0.2) is 116 Å². The van der Waals surface area contributed by atoms with Crippen LogP contribution >= 0.6 is 0 Å². The first-order valence-corrected chi connectivity index (χ1v) is 47.1. The van der Waals surface area contributed by atoms with E-state index < -0.39 is 87.3 Å². The van der Waals surface area contributed by atoms with Crippen molar-refractivity contribution in [3.8, 4) is 0 Å². The highest BCUT2D eigenvalue weighted by molar-refractivity contribution is 7.10. The van der Waals surface area contributed by atoms with Crippen LogP contribution in [0.1, 0.15) is 12.8 Å². The quantitative estimate of drug-likeness (QED) is 0.133. The molecule has 4 aliphatic heterocycles. The van der Waals surface area contributed by atoms with Crippen LogP contribution in [0, 0.1) is 0 Å². The zero-order chi connectivity index (χ0) is 57.3. The third-order valence-electron chi connectivity index (χ3n) is 14.7. The summed E-state index contributed by atoms with van der Waals surface area (Å²) >= 11 is 0. The Morgan fingerprint density at radius 2 is 0.458 bits per heavy atom. The van der Waals surface area contributed by atoms with Crippen molar-refractivity contribution in [1.82, 2.24) is 0 Å². The minimum absolute atomic E-state index is 0.123. The maximum absolute atomic E-state index is 14.4. The molecule has 0 spiro atoms. The first kappa shape index (κ1) is 58.7. The number of benzene rings is 8. The zero-order valence-electron chi connectivity index (χ0n) is 46.0. The summed E-state index contributed by atoms with van der Waals surface area (Å²) in [5, 5.41) is 25.7. The highest BCUT2D eigenvalue weighted by Crippen LogP contribution is 2.45. The Hall–Kier alpha value is -4.71. The van der Waals surface area contributed by atoms with Gasteiger partial charge in [-0.1, -0.05) is 243 Å². The predicted molar refractivity (Wildman–Crippen MR) is 333 cm³/mol. The average molecular weight is 1290 g/mol. The molecule has 0 saturated carbocycles. The van der Waals surface area contributed by atoms with Crippen molar-refractivity contribution >= 4 is 129 Å². The molecule has 428 valence electrons. The minimum Gasteiger partial charge on any atom is -0.396 e. The fourth-order valence-electron chi connectivity index (χ4n) is 10.9. The van der Waals surface area contributed by atoms with Crippen LogP contribution in [0.15, 0.2) is 243 Å². The molecule has 6 unspecified atom stereocenters. The summed E-state index contributed by atoms with van der Waals surface area (Å²) < 4.78 is 106. The van der Waals surface area contributed by atoms with Gasteiger partial charge in [0.25, 0.3) is 0 Å². The largest absolute Gasteiger partial charge is 0.520 e. The summed E-state index contributed by atoms with van der Waals surface area (Å²) in [4.78, 5) is 14.4.